The van der Waals surface area contributed by atoms with Crippen LogP contribution in [0.4, 0.5) is 17.3 Å². The number of nitrogens with two attached hydrogens (primary N) is 1. The van der Waals surface area contributed by atoms with Gasteiger partial charge in [-0.1, -0.05) is 60.7 Å². The second-order valence-electron chi connectivity index (χ2n) is 6.66. The van der Waals surface area contributed by atoms with Gasteiger partial charge in [-0.3, -0.25) is 0 Å². The van der Waals surface area contributed by atoms with E-state index in [2.05, 4.69) is 51.7 Å². The van der Waals surface area contributed by atoms with Crippen molar-refractivity contribution in [3.63, 3.8) is 0 Å². The van der Waals surface area contributed by atoms with Crippen LogP contribution in [0.5, 0.6) is 0 Å². The minimum Gasteiger partial charge on any atom is -0.393 e. The second-order valence-corrected chi connectivity index (χ2v) is 6.66. The Morgan fingerprint density at radius 2 is 1.40 bits per heavy atom. The average molecular weight is 397 g/mol. The highest BCUT2D eigenvalue weighted by atomic mass is 15.2. The molecule has 7 heteroatoms. The van der Waals surface area contributed by atoms with Crippen molar-refractivity contribution in [3.8, 4) is 12.1 Å². The van der Waals surface area contributed by atoms with Crippen LogP contribution in [0.2, 0.25) is 0 Å². The molecule has 3 aromatic rings. The molecule has 0 amide bonds. The Balaban J connectivity index is 1.95. The van der Waals surface area contributed by atoms with Crippen LogP contribution in [-0.2, 0) is 0 Å². The Bertz CT molecular complexity index is 965. The highest BCUT2D eigenvalue weighted by Gasteiger charge is 2.19. The highest BCUT2D eigenvalue weighted by molar-refractivity contribution is 5.75. The zero-order chi connectivity index (χ0) is 21.2. The summed E-state index contributed by atoms with van der Waals surface area (Å²) in [6.45, 7) is 0.888. The fraction of sp³-hybridized carbons (Fsp3) is 0.217. The van der Waals surface area contributed by atoms with Gasteiger partial charge in [-0.15, -0.1) is 0 Å². The molecule has 0 fully saturated rings. The lowest BCUT2D eigenvalue weighted by molar-refractivity contribution is 0.781. The van der Waals surface area contributed by atoms with Crippen molar-refractivity contribution in [2.75, 3.05) is 29.0 Å². The lowest BCUT2D eigenvalue weighted by Crippen LogP contribution is -2.28. The van der Waals surface area contributed by atoms with Gasteiger partial charge in [-0.2, -0.15) is 10.5 Å². The van der Waals surface area contributed by atoms with E-state index in [1.54, 1.807) is 0 Å². The summed E-state index contributed by atoms with van der Waals surface area (Å²) in [6, 6.07) is 24.2. The number of nitrogens with one attached hydrogen (secondary N) is 1. The quantitative estimate of drug-likeness (QED) is 0.563. The number of nitrogens with zero attached hydrogens (tertiary/aromatic N) is 5. The molecule has 0 spiro atoms. The molecule has 0 unspecified atom stereocenters. The molecular weight excluding hydrogens is 374 g/mol. The van der Waals surface area contributed by atoms with E-state index in [0.29, 0.717) is 43.3 Å². The van der Waals surface area contributed by atoms with Crippen LogP contribution >= 0.6 is 0 Å². The molecule has 7 nitrogen and oxygen atoms in total. The normalized spacial score (nSPS) is 10.2. The Morgan fingerprint density at radius 3 is 1.90 bits per heavy atom. The van der Waals surface area contributed by atoms with Gasteiger partial charge in [0.15, 0.2) is 11.6 Å². The molecule has 30 heavy (non-hydrogen) atoms. The first-order chi connectivity index (χ1) is 14.7. The molecule has 150 valence electrons. The van der Waals surface area contributed by atoms with Crippen molar-refractivity contribution in [3.05, 3.63) is 78.1 Å². The van der Waals surface area contributed by atoms with Crippen molar-refractivity contribution in [2.24, 2.45) is 0 Å². The molecule has 0 aliphatic rings. The Hall–Kier alpha value is -4.10. The smallest absolute Gasteiger partial charge is 0.157 e. The van der Waals surface area contributed by atoms with Crippen molar-refractivity contribution in [2.45, 2.75) is 18.9 Å². The fourth-order valence-electron chi connectivity index (χ4n) is 3.23. The van der Waals surface area contributed by atoms with E-state index in [4.69, 9.17) is 16.3 Å². The van der Waals surface area contributed by atoms with E-state index < -0.39 is 0 Å². The minimum absolute atomic E-state index is 0.149. The van der Waals surface area contributed by atoms with E-state index in [9.17, 15) is 0 Å². The monoisotopic (exact) mass is 397 g/mol. The first-order valence-electron chi connectivity index (χ1n) is 9.70. The number of rotatable bonds is 9. The van der Waals surface area contributed by atoms with Gasteiger partial charge in [0.05, 0.1) is 31.0 Å². The van der Waals surface area contributed by atoms with E-state index in [1.807, 2.05) is 41.3 Å². The van der Waals surface area contributed by atoms with Crippen molar-refractivity contribution >= 4 is 17.3 Å². The van der Waals surface area contributed by atoms with Gasteiger partial charge in [0.1, 0.15) is 12.0 Å². The zero-order valence-corrected chi connectivity index (χ0v) is 16.6. The summed E-state index contributed by atoms with van der Waals surface area (Å²) in [6.07, 6.45) is 2.08. The third kappa shape index (κ3) is 5.03. The second kappa shape index (κ2) is 10.4. The molecule has 2 aromatic carbocycles. The van der Waals surface area contributed by atoms with Crippen molar-refractivity contribution in [1.29, 1.82) is 10.5 Å². The van der Waals surface area contributed by atoms with Gasteiger partial charge in [-0.25, -0.2) is 9.97 Å². The first kappa shape index (κ1) is 20.6. The Morgan fingerprint density at radius 1 is 0.867 bits per heavy atom. The van der Waals surface area contributed by atoms with Gasteiger partial charge in [-0.05, 0) is 11.1 Å². The van der Waals surface area contributed by atoms with E-state index in [0.717, 1.165) is 11.1 Å². The summed E-state index contributed by atoms with van der Waals surface area (Å²) in [4.78, 5) is 10.6. The van der Waals surface area contributed by atoms with Gasteiger partial charge in [0.2, 0.25) is 0 Å². The number of hydrogen-bond acceptors (Lipinski definition) is 7. The van der Waals surface area contributed by atoms with Gasteiger partial charge < -0.3 is 16.0 Å². The SMILES string of the molecule is N#CCCN(CCC#N)c1ncnc(NC(c2ccccc2)c2ccccc2)c1N. The summed E-state index contributed by atoms with van der Waals surface area (Å²) in [5.41, 5.74) is 8.99. The molecule has 0 radical (unpaired) electrons. The molecule has 0 aliphatic carbocycles. The van der Waals surface area contributed by atoms with Crippen LogP contribution in [-0.4, -0.2) is 23.1 Å². The van der Waals surface area contributed by atoms with Gasteiger partial charge >= 0.3 is 0 Å². The molecule has 1 aromatic heterocycles. The number of hydrogen-bond donors (Lipinski definition) is 2. The summed E-state index contributed by atoms with van der Waals surface area (Å²) >= 11 is 0. The maximum Gasteiger partial charge on any atom is 0.157 e. The van der Waals surface area contributed by atoms with E-state index in [-0.39, 0.29) is 6.04 Å². The lowest BCUT2D eigenvalue weighted by Gasteiger charge is -2.25. The van der Waals surface area contributed by atoms with Crippen LogP contribution in [0.25, 0.3) is 0 Å². The Kier molecular flexibility index (Phi) is 7.18. The van der Waals surface area contributed by atoms with Crippen LogP contribution in [0, 0.1) is 22.7 Å². The molecule has 0 aliphatic heterocycles. The third-order valence-corrected chi connectivity index (χ3v) is 4.70. The molecule has 1 heterocycles. The maximum absolute atomic E-state index is 8.96. The van der Waals surface area contributed by atoms with Crippen LogP contribution < -0.4 is 16.0 Å². The number of nitriles is 2. The number of benzene rings is 2. The third-order valence-electron chi connectivity index (χ3n) is 4.70. The molecule has 3 N–H and O–H groups in total. The van der Waals surface area contributed by atoms with Gasteiger partial charge in [0, 0.05) is 13.1 Å². The molecule has 0 atom stereocenters. The molecule has 0 bridgehead atoms. The summed E-state index contributed by atoms with van der Waals surface area (Å²) in [5, 5.41) is 21.4. The average Bonchev–Trinajstić information content (AvgIpc) is 2.80. The zero-order valence-electron chi connectivity index (χ0n) is 16.6. The standard InChI is InChI=1S/C23H23N7/c24-13-7-15-30(16-8-14-25)23-20(26)22(27-17-28-23)29-21(18-9-3-1-4-10-18)19-11-5-2-6-12-19/h1-6,9-12,17,21H,7-8,15-16,26H2,(H,27,28,29). The lowest BCUT2D eigenvalue weighted by atomic mass is 9.99. The number of nitrogen functional groups attached to an aromatic ring is 1. The topological polar surface area (TPSA) is 115 Å². The first-order valence-corrected chi connectivity index (χ1v) is 9.70. The van der Waals surface area contributed by atoms with Crippen LogP contribution in [0.1, 0.15) is 30.0 Å². The van der Waals surface area contributed by atoms with Crippen molar-refractivity contribution in [1.82, 2.24) is 9.97 Å². The molecule has 0 saturated heterocycles. The molecule has 3 rings (SSSR count). The summed E-state index contributed by atoms with van der Waals surface area (Å²) < 4.78 is 0. The fourth-order valence-corrected chi connectivity index (χ4v) is 3.23. The summed E-state index contributed by atoms with van der Waals surface area (Å²) in [5.74, 6) is 1.04. The van der Waals surface area contributed by atoms with Crippen LogP contribution in [0.15, 0.2) is 67.0 Å². The predicted octanol–water partition coefficient (Wildman–Crippen LogP) is 3.89. The minimum atomic E-state index is -0.149. The molecule has 0 saturated carbocycles. The van der Waals surface area contributed by atoms with Crippen molar-refractivity contribution < 1.29 is 0 Å². The van der Waals surface area contributed by atoms with Crippen LogP contribution in [0.3, 0.4) is 0 Å². The maximum atomic E-state index is 8.96. The van der Waals surface area contributed by atoms with E-state index >= 15 is 0 Å². The highest BCUT2D eigenvalue weighted by Crippen LogP contribution is 2.32. The Labute approximate surface area is 176 Å². The number of aromatic nitrogens is 2. The largest absolute Gasteiger partial charge is 0.393 e. The molecular formula is C23H23N7. The number of anilines is 3. The van der Waals surface area contributed by atoms with E-state index in [1.165, 1.54) is 6.33 Å². The predicted molar refractivity (Wildman–Crippen MR) is 117 cm³/mol. The van der Waals surface area contributed by atoms with Gasteiger partial charge in [0.25, 0.3) is 0 Å². The summed E-state index contributed by atoms with van der Waals surface area (Å²) in [7, 11) is 0.